The van der Waals surface area contributed by atoms with Crippen molar-refractivity contribution in [1.82, 2.24) is 0 Å². The molecule has 1 aromatic carbocycles. The molecule has 2 nitrogen and oxygen atoms in total. The summed E-state index contributed by atoms with van der Waals surface area (Å²) in [5, 5.41) is 1.15. The number of aliphatic imine (C=N–C) groups is 1. The van der Waals surface area contributed by atoms with Crippen LogP contribution in [0.4, 0.5) is 5.69 Å². The predicted molar refractivity (Wildman–Crippen MR) is 84.5 cm³/mol. The van der Waals surface area contributed by atoms with Crippen LogP contribution >= 0.6 is 35.7 Å². The minimum absolute atomic E-state index is 0. The summed E-state index contributed by atoms with van der Waals surface area (Å²) in [5.41, 5.74) is 4.00. The summed E-state index contributed by atoms with van der Waals surface area (Å²) in [6, 6.07) is 6.44. The van der Waals surface area contributed by atoms with Crippen LogP contribution in [0.15, 0.2) is 23.2 Å². The number of rotatable bonds is 1. The molecule has 1 aromatic rings. The van der Waals surface area contributed by atoms with E-state index in [2.05, 4.69) is 48.2 Å². The van der Waals surface area contributed by atoms with Crippen LogP contribution in [0.3, 0.4) is 0 Å². The van der Waals surface area contributed by atoms with Gasteiger partial charge in [-0.3, -0.25) is 4.99 Å². The molecule has 88 valence electrons. The third kappa shape index (κ3) is 2.53. The predicted octanol–water partition coefficient (Wildman–Crippen LogP) is 3.46. The van der Waals surface area contributed by atoms with Gasteiger partial charge in [0, 0.05) is 12.2 Å². The normalized spacial score (nSPS) is 14.7. The highest BCUT2D eigenvalue weighted by molar-refractivity contribution is 14.0. The molecule has 1 aliphatic rings. The van der Waals surface area contributed by atoms with Gasteiger partial charge in [0.1, 0.15) is 0 Å². The Balaban J connectivity index is 0.00000128. The molecule has 2 rings (SSSR count). The maximum absolute atomic E-state index is 4.50. The van der Waals surface area contributed by atoms with Crippen LogP contribution in [0.1, 0.15) is 11.1 Å². The van der Waals surface area contributed by atoms with E-state index in [4.69, 9.17) is 0 Å². The summed E-state index contributed by atoms with van der Waals surface area (Å²) >= 11 is 1.73. The Morgan fingerprint density at radius 1 is 1.25 bits per heavy atom. The molecule has 0 unspecified atom stereocenters. The van der Waals surface area contributed by atoms with Gasteiger partial charge < -0.3 is 4.90 Å². The lowest BCUT2D eigenvalue weighted by Gasteiger charge is -2.23. The van der Waals surface area contributed by atoms with E-state index >= 15 is 0 Å². The van der Waals surface area contributed by atoms with Crippen LogP contribution in [-0.2, 0) is 0 Å². The molecule has 0 N–H and O–H groups in total. The largest absolute Gasteiger partial charge is 0.319 e. The van der Waals surface area contributed by atoms with Gasteiger partial charge in [-0.05, 0) is 31.2 Å². The topological polar surface area (TPSA) is 15.6 Å². The van der Waals surface area contributed by atoms with E-state index in [-0.39, 0.29) is 24.0 Å². The fourth-order valence-corrected chi connectivity index (χ4v) is 2.66. The van der Waals surface area contributed by atoms with E-state index in [1.54, 1.807) is 11.8 Å². The summed E-state index contributed by atoms with van der Waals surface area (Å²) < 4.78 is 0. The first kappa shape index (κ1) is 13.8. The molecule has 0 spiro atoms. The van der Waals surface area contributed by atoms with Crippen LogP contribution in [0.25, 0.3) is 0 Å². The lowest BCUT2D eigenvalue weighted by atomic mass is 10.1. The van der Waals surface area contributed by atoms with Crippen molar-refractivity contribution in [1.29, 1.82) is 0 Å². The molecule has 1 heterocycles. The van der Waals surface area contributed by atoms with E-state index in [1.807, 2.05) is 0 Å². The summed E-state index contributed by atoms with van der Waals surface area (Å²) in [7, 11) is 0. The number of nitrogens with zero attached hydrogens (tertiary/aromatic N) is 2. The molecule has 4 heteroatoms. The smallest absolute Gasteiger partial charge is 0.163 e. The molecule has 0 amide bonds. The lowest BCUT2D eigenvalue weighted by molar-refractivity contribution is 1.01. The Hall–Kier alpha value is -0.230. The SMILES string of the molecule is CSC1=NCCN1c1c(C)cccc1C.I. The Morgan fingerprint density at radius 2 is 1.88 bits per heavy atom. The number of hydrogen-bond acceptors (Lipinski definition) is 3. The van der Waals surface area contributed by atoms with Crippen LogP contribution in [-0.4, -0.2) is 24.5 Å². The first-order valence-electron chi connectivity index (χ1n) is 5.16. The van der Waals surface area contributed by atoms with Crippen molar-refractivity contribution in [2.45, 2.75) is 13.8 Å². The molecule has 0 atom stereocenters. The van der Waals surface area contributed by atoms with Gasteiger partial charge in [-0.25, -0.2) is 0 Å². The number of amidine groups is 1. The highest BCUT2D eigenvalue weighted by Crippen LogP contribution is 2.28. The number of halogens is 1. The van der Waals surface area contributed by atoms with E-state index < -0.39 is 0 Å². The van der Waals surface area contributed by atoms with E-state index in [0.717, 1.165) is 18.3 Å². The van der Waals surface area contributed by atoms with Gasteiger partial charge in [0.2, 0.25) is 0 Å². The number of para-hydroxylation sites is 1. The van der Waals surface area contributed by atoms with Gasteiger partial charge in [0.15, 0.2) is 5.17 Å². The molecule has 0 aromatic heterocycles. The van der Waals surface area contributed by atoms with Crippen molar-refractivity contribution in [2.24, 2.45) is 4.99 Å². The molecule has 0 radical (unpaired) electrons. The molecule has 1 aliphatic heterocycles. The Kier molecular flexibility index (Phi) is 5.11. The summed E-state index contributed by atoms with van der Waals surface area (Å²) in [6.45, 7) is 6.27. The second-order valence-corrected chi connectivity index (χ2v) is 4.53. The zero-order valence-electron chi connectivity index (χ0n) is 9.86. The first-order valence-corrected chi connectivity index (χ1v) is 6.38. The van der Waals surface area contributed by atoms with Crippen molar-refractivity contribution >= 4 is 46.6 Å². The first-order chi connectivity index (χ1) is 7.24. The number of benzene rings is 1. The quantitative estimate of drug-likeness (QED) is 0.723. The fraction of sp³-hybridized carbons (Fsp3) is 0.417. The highest BCUT2D eigenvalue weighted by Gasteiger charge is 2.20. The maximum Gasteiger partial charge on any atom is 0.163 e. The Morgan fingerprint density at radius 3 is 2.44 bits per heavy atom. The number of hydrogen-bond donors (Lipinski definition) is 0. The third-order valence-corrected chi connectivity index (χ3v) is 3.41. The van der Waals surface area contributed by atoms with Gasteiger partial charge in [0.25, 0.3) is 0 Å². The minimum Gasteiger partial charge on any atom is -0.319 e. The summed E-state index contributed by atoms with van der Waals surface area (Å²) in [5.74, 6) is 0. The molecule has 0 saturated carbocycles. The molecule has 0 aliphatic carbocycles. The van der Waals surface area contributed by atoms with Crippen LogP contribution in [0, 0.1) is 13.8 Å². The van der Waals surface area contributed by atoms with Crippen molar-refractivity contribution in [2.75, 3.05) is 24.2 Å². The van der Waals surface area contributed by atoms with Gasteiger partial charge in [-0.15, -0.1) is 24.0 Å². The third-order valence-electron chi connectivity index (χ3n) is 2.69. The van der Waals surface area contributed by atoms with E-state index in [1.165, 1.54) is 16.8 Å². The van der Waals surface area contributed by atoms with Crippen LogP contribution in [0.5, 0.6) is 0 Å². The standard InChI is InChI=1S/C12H16N2S.HI/c1-9-5-4-6-10(2)11(9)14-8-7-13-12(14)15-3;/h4-6H,7-8H2,1-3H3;1H. The van der Waals surface area contributed by atoms with Crippen molar-refractivity contribution < 1.29 is 0 Å². The highest BCUT2D eigenvalue weighted by atomic mass is 127. The zero-order chi connectivity index (χ0) is 10.8. The lowest BCUT2D eigenvalue weighted by Crippen LogP contribution is -2.26. The number of thioether (sulfide) groups is 1. The molecule has 0 fully saturated rings. The molecule has 0 bridgehead atoms. The molecule has 16 heavy (non-hydrogen) atoms. The second kappa shape index (κ2) is 5.91. The van der Waals surface area contributed by atoms with Crippen molar-refractivity contribution in [3.05, 3.63) is 29.3 Å². The molecular weight excluding hydrogens is 331 g/mol. The average molecular weight is 348 g/mol. The Bertz CT molecular complexity index is 384. The van der Waals surface area contributed by atoms with Gasteiger partial charge >= 0.3 is 0 Å². The molecular formula is C12H17IN2S. The minimum atomic E-state index is 0. The van der Waals surface area contributed by atoms with Crippen LogP contribution in [0.2, 0.25) is 0 Å². The van der Waals surface area contributed by atoms with Gasteiger partial charge in [0.05, 0.1) is 6.54 Å². The summed E-state index contributed by atoms with van der Waals surface area (Å²) in [4.78, 5) is 6.83. The number of aryl methyl sites for hydroxylation is 2. The van der Waals surface area contributed by atoms with Crippen molar-refractivity contribution in [3.8, 4) is 0 Å². The zero-order valence-corrected chi connectivity index (χ0v) is 13.0. The number of anilines is 1. The van der Waals surface area contributed by atoms with Gasteiger partial charge in [-0.1, -0.05) is 30.0 Å². The second-order valence-electron chi connectivity index (χ2n) is 3.76. The summed E-state index contributed by atoms with van der Waals surface area (Å²) in [6.07, 6.45) is 2.09. The van der Waals surface area contributed by atoms with E-state index in [0.29, 0.717) is 0 Å². The van der Waals surface area contributed by atoms with Crippen LogP contribution < -0.4 is 4.90 Å². The maximum atomic E-state index is 4.50. The monoisotopic (exact) mass is 348 g/mol. The molecule has 0 saturated heterocycles. The van der Waals surface area contributed by atoms with Gasteiger partial charge in [-0.2, -0.15) is 0 Å². The van der Waals surface area contributed by atoms with E-state index in [9.17, 15) is 0 Å². The van der Waals surface area contributed by atoms with Crippen molar-refractivity contribution in [3.63, 3.8) is 0 Å². The fourth-order valence-electron chi connectivity index (χ4n) is 2.04. The average Bonchev–Trinajstić information content (AvgIpc) is 2.65. The Labute approximate surface area is 119 Å².